The lowest BCUT2D eigenvalue weighted by molar-refractivity contribution is 1.66. The Morgan fingerprint density at radius 3 is 1.26 bits per heavy atom. The number of fused-ring (bicyclic) bond motifs is 8. The van der Waals surface area contributed by atoms with Gasteiger partial charge in [0, 0.05) is 40.3 Å². The average Bonchev–Trinajstić information content (AvgIpc) is 3.68. The van der Waals surface area contributed by atoms with Gasteiger partial charge in [-0.15, -0.1) is 22.7 Å². The zero-order chi connectivity index (χ0) is 30.2. The minimum atomic E-state index is 1.24. The van der Waals surface area contributed by atoms with Gasteiger partial charge in [0.15, 0.2) is 0 Å². The Bertz CT molecular complexity index is 2630. The Morgan fingerprint density at radius 1 is 0.261 bits per heavy atom. The molecule has 0 bridgehead atoms. The van der Waals surface area contributed by atoms with Crippen LogP contribution in [0.3, 0.4) is 0 Å². The van der Waals surface area contributed by atoms with E-state index in [1.165, 1.54) is 95.3 Å². The largest absolute Gasteiger partial charge is 0.135 e. The van der Waals surface area contributed by atoms with Crippen LogP contribution in [0.1, 0.15) is 0 Å². The summed E-state index contributed by atoms with van der Waals surface area (Å²) >= 11 is 3.75. The van der Waals surface area contributed by atoms with Crippen molar-refractivity contribution in [1.29, 1.82) is 0 Å². The van der Waals surface area contributed by atoms with Gasteiger partial charge in [-0.25, -0.2) is 0 Å². The molecule has 10 rings (SSSR count). The molecule has 0 saturated heterocycles. The van der Waals surface area contributed by atoms with Gasteiger partial charge in [-0.3, -0.25) is 0 Å². The monoisotopic (exact) mass is 618 g/mol. The van der Waals surface area contributed by atoms with Crippen molar-refractivity contribution in [1.82, 2.24) is 0 Å². The Balaban J connectivity index is 1.29. The van der Waals surface area contributed by atoms with Crippen LogP contribution in [0.4, 0.5) is 0 Å². The highest BCUT2D eigenvalue weighted by Crippen LogP contribution is 2.45. The molecule has 2 heteroatoms. The van der Waals surface area contributed by atoms with E-state index in [1.807, 2.05) is 22.7 Å². The lowest BCUT2D eigenvalue weighted by Gasteiger charge is -2.17. The quantitative estimate of drug-likeness (QED) is 0.173. The van der Waals surface area contributed by atoms with Gasteiger partial charge in [0.2, 0.25) is 0 Å². The van der Waals surface area contributed by atoms with Gasteiger partial charge in [0.25, 0.3) is 0 Å². The maximum absolute atomic E-state index is 2.45. The number of thiophene rings is 2. The molecule has 0 atom stereocenters. The standard InChI is InChI=1S/C44H26S2/c1-2-10-27(11-3-1)44-34-16-8-14-30(28-20-22-42-38(24-28)32-12-4-6-18-40(32)45-42)36(34)26-37-31(15-9-17-35(37)44)29-21-23-43-39(25-29)33-13-5-7-19-41(33)46-43/h1-26H. The summed E-state index contributed by atoms with van der Waals surface area (Å²) in [7, 11) is 0. The topological polar surface area (TPSA) is 0 Å². The van der Waals surface area contributed by atoms with Crippen molar-refractivity contribution in [3.8, 4) is 33.4 Å². The highest BCUT2D eigenvalue weighted by Gasteiger charge is 2.17. The maximum Gasteiger partial charge on any atom is 0.0355 e. The third kappa shape index (κ3) is 3.91. The van der Waals surface area contributed by atoms with Gasteiger partial charge >= 0.3 is 0 Å². The SMILES string of the molecule is c1ccc(-c2c3cccc(-c4ccc5sc6ccccc6c5c4)c3cc3c(-c4ccc5sc6ccccc6c5c4)cccc23)cc1. The van der Waals surface area contributed by atoms with Gasteiger partial charge in [0.05, 0.1) is 0 Å². The predicted molar refractivity (Wildman–Crippen MR) is 204 cm³/mol. The van der Waals surface area contributed by atoms with Gasteiger partial charge in [-0.05, 0) is 97.4 Å². The summed E-state index contributed by atoms with van der Waals surface area (Å²) in [6.07, 6.45) is 0. The van der Waals surface area contributed by atoms with E-state index in [4.69, 9.17) is 0 Å². The third-order valence-corrected chi connectivity index (χ3v) is 11.8. The average molecular weight is 619 g/mol. The summed E-state index contributed by atoms with van der Waals surface area (Å²) in [6.45, 7) is 0. The zero-order valence-corrected chi connectivity index (χ0v) is 26.5. The van der Waals surface area contributed by atoms with E-state index >= 15 is 0 Å². The van der Waals surface area contributed by atoms with Gasteiger partial charge in [-0.1, -0.05) is 115 Å². The summed E-state index contributed by atoms with van der Waals surface area (Å²) in [5.74, 6) is 0. The van der Waals surface area contributed by atoms with Crippen molar-refractivity contribution < 1.29 is 0 Å². The molecule has 2 heterocycles. The molecule has 10 aromatic rings. The van der Waals surface area contributed by atoms with Gasteiger partial charge < -0.3 is 0 Å². The first-order valence-electron chi connectivity index (χ1n) is 15.7. The van der Waals surface area contributed by atoms with E-state index in [2.05, 4.69) is 158 Å². The molecule has 2 aromatic heterocycles. The summed E-state index contributed by atoms with van der Waals surface area (Å²) in [5, 5.41) is 10.4. The van der Waals surface area contributed by atoms with Crippen LogP contribution >= 0.6 is 22.7 Å². The molecule has 8 aromatic carbocycles. The lowest BCUT2D eigenvalue weighted by Crippen LogP contribution is -1.90. The van der Waals surface area contributed by atoms with Crippen LogP contribution in [0.2, 0.25) is 0 Å². The summed E-state index contributed by atoms with van der Waals surface area (Å²) in [4.78, 5) is 0. The molecule has 0 N–H and O–H groups in total. The molecule has 0 unspecified atom stereocenters. The Kier molecular flexibility index (Phi) is 5.72. The highest BCUT2D eigenvalue weighted by molar-refractivity contribution is 7.26. The maximum atomic E-state index is 2.45. The van der Waals surface area contributed by atoms with Crippen LogP contribution in [0, 0.1) is 0 Å². The van der Waals surface area contributed by atoms with Crippen molar-refractivity contribution in [2.75, 3.05) is 0 Å². The van der Waals surface area contributed by atoms with E-state index in [1.54, 1.807) is 0 Å². The van der Waals surface area contributed by atoms with Crippen molar-refractivity contribution in [3.63, 3.8) is 0 Å². The third-order valence-electron chi connectivity index (χ3n) is 9.48. The fraction of sp³-hybridized carbons (Fsp3) is 0. The van der Waals surface area contributed by atoms with E-state index in [-0.39, 0.29) is 0 Å². The highest BCUT2D eigenvalue weighted by atomic mass is 32.1. The first-order valence-corrected chi connectivity index (χ1v) is 17.3. The molecule has 0 nitrogen and oxygen atoms in total. The van der Waals surface area contributed by atoms with E-state index in [0.717, 1.165) is 0 Å². The summed E-state index contributed by atoms with van der Waals surface area (Å²) in [6, 6.07) is 58.6. The molecule has 0 radical (unpaired) electrons. The van der Waals surface area contributed by atoms with Crippen LogP contribution in [0.25, 0.3) is 95.3 Å². The number of rotatable bonds is 3. The van der Waals surface area contributed by atoms with Crippen molar-refractivity contribution in [2.45, 2.75) is 0 Å². The Morgan fingerprint density at radius 2 is 0.717 bits per heavy atom. The molecule has 46 heavy (non-hydrogen) atoms. The molecule has 0 aliphatic rings. The second-order valence-electron chi connectivity index (χ2n) is 12.0. The molecule has 0 fully saturated rings. The number of hydrogen-bond acceptors (Lipinski definition) is 2. The van der Waals surface area contributed by atoms with Crippen LogP contribution < -0.4 is 0 Å². The molecule has 0 saturated carbocycles. The van der Waals surface area contributed by atoms with Crippen LogP contribution in [0.15, 0.2) is 158 Å². The molecule has 0 aliphatic heterocycles. The van der Waals surface area contributed by atoms with E-state index < -0.39 is 0 Å². The molecule has 214 valence electrons. The first-order chi connectivity index (χ1) is 22.8. The molecule has 0 spiro atoms. The summed E-state index contributed by atoms with van der Waals surface area (Å²) in [5.41, 5.74) is 7.57. The normalized spacial score (nSPS) is 11.9. The Labute approximate surface area is 274 Å². The second-order valence-corrected chi connectivity index (χ2v) is 14.2. The predicted octanol–water partition coefficient (Wildman–Crippen LogP) is 13.7. The fourth-order valence-electron chi connectivity index (χ4n) is 7.37. The number of hydrogen-bond donors (Lipinski definition) is 0. The van der Waals surface area contributed by atoms with Gasteiger partial charge in [0.1, 0.15) is 0 Å². The molecule has 0 aliphatic carbocycles. The fourth-order valence-corrected chi connectivity index (χ4v) is 9.55. The molecule has 0 amide bonds. The second kappa shape index (κ2) is 10.1. The van der Waals surface area contributed by atoms with Crippen molar-refractivity contribution in [3.05, 3.63) is 158 Å². The molecular weight excluding hydrogens is 593 g/mol. The van der Waals surface area contributed by atoms with Crippen LogP contribution in [-0.2, 0) is 0 Å². The minimum Gasteiger partial charge on any atom is -0.135 e. The van der Waals surface area contributed by atoms with Crippen LogP contribution in [0.5, 0.6) is 0 Å². The lowest BCUT2D eigenvalue weighted by atomic mass is 9.86. The zero-order valence-electron chi connectivity index (χ0n) is 24.8. The minimum absolute atomic E-state index is 1.24. The summed E-state index contributed by atoms with van der Waals surface area (Å²) < 4.78 is 5.34. The number of benzene rings is 8. The van der Waals surface area contributed by atoms with Gasteiger partial charge in [-0.2, -0.15) is 0 Å². The molecular formula is C44H26S2. The van der Waals surface area contributed by atoms with E-state index in [9.17, 15) is 0 Å². The van der Waals surface area contributed by atoms with Crippen molar-refractivity contribution >= 4 is 84.6 Å². The van der Waals surface area contributed by atoms with E-state index in [0.29, 0.717) is 0 Å². The van der Waals surface area contributed by atoms with Crippen LogP contribution in [-0.4, -0.2) is 0 Å². The smallest absolute Gasteiger partial charge is 0.0355 e. The Hall–Kier alpha value is -5.28. The van der Waals surface area contributed by atoms with Crippen molar-refractivity contribution in [2.24, 2.45) is 0 Å². The first kappa shape index (κ1) is 26.0.